The molecular formula is C6H4Hg2N2O2. The Morgan fingerprint density at radius 2 is 1.75 bits per heavy atom. The Kier molecular flexibility index (Phi) is 3.46. The van der Waals surface area contributed by atoms with Crippen molar-refractivity contribution in [2.75, 3.05) is 5.73 Å². The molecule has 0 radical (unpaired) electrons. The second kappa shape index (κ2) is 4.00. The van der Waals surface area contributed by atoms with Crippen LogP contribution in [0, 0.1) is 10.1 Å². The van der Waals surface area contributed by atoms with Gasteiger partial charge in [0, 0.05) is 0 Å². The number of rotatable bonds is 1. The van der Waals surface area contributed by atoms with E-state index in [4.69, 9.17) is 5.73 Å². The molecule has 0 atom stereocenters. The van der Waals surface area contributed by atoms with Crippen LogP contribution in [0.1, 0.15) is 0 Å². The Bertz CT molecular complexity index is 317. The van der Waals surface area contributed by atoms with Gasteiger partial charge >= 0.3 is 103 Å². The molecule has 1 aromatic carbocycles. The number of benzene rings is 1. The van der Waals surface area contributed by atoms with Gasteiger partial charge in [-0.05, 0) is 0 Å². The van der Waals surface area contributed by atoms with Gasteiger partial charge in [0.15, 0.2) is 0 Å². The maximum absolute atomic E-state index is 10.4. The van der Waals surface area contributed by atoms with E-state index >= 15 is 0 Å². The zero-order chi connectivity index (χ0) is 9.30. The van der Waals surface area contributed by atoms with Gasteiger partial charge in [-0.25, -0.2) is 0 Å². The normalized spacial score (nSPS) is 10.0. The van der Waals surface area contributed by atoms with Crippen molar-refractivity contribution in [2.24, 2.45) is 0 Å². The molecule has 0 aliphatic heterocycles. The first-order valence-electron chi connectivity index (χ1n) is 3.24. The summed E-state index contributed by atoms with van der Waals surface area (Å²) in [6, 6.07) is 3.18. The van der Waals surface area contributed by atoms with Crippen LogP contribution in [0.25, 0.3) is 0 Å². The van der Waals surface area contributed by atoms with E-state index in [1.807, 2.05) is 0 Å². The average Bonchev–Trinajstić information content (AvgIpc) is 1.99. The SMILES string of the molecule is Nc1[c]([Hg])cc([N+](=O)[O-])c[c]1[Hg]. The van der Waals surface area contributed by atoms with Crippen molar-refractivity contribution in [1.29, 1.82) is 0 Å². The fourth-order valence-electron chi connectivity index (χ4n) is 0.866. The van der Waals surface area contributed by atoms with Crippen LogP contribution in [0.2, 0.25) is 0 Å². The molecule has 0 aliphatic carbocycles. The third-order valence-electron chi connectivity index (χ3n) is 1.55. The summed E-state index contributed by atoms with van der Waals surface area (Å²) in [6.07, 6.45) is 0. The summed E-state index contributed by atoms with van der Waals surface area (Å²) in [6.45, 7) is 0. The Morgan fingerprint density at radius 3 is 2.08 bits per heavy atom. The van der Waals surface area contributed by atoms with Crippen molar-refractivity contribution >= 4 is 17.5 Å². The molecule has 54 valence electrons. The number of hydrogen-bond acceptors (Lipinski definition) is 3. The van der Waals surface area contributed by atoms with Crippen LogP contribution >= 0.6 is 0 Å². The minimum atomic E-state index is -0.355. The van der Waals surface area contributed by atoms with Crippen LogP contribution < -0.4 is 11.9 Å². The molecule has 0 aliphatic rings. The molecule has 6 heteroatoms. The molecule has 12 heavy (non-hydrogen) atoms. The second-order valence-electron chi connectivity index (χ2n) is 2.43. The van der Waals surface area contributed by atoms with Gasteiger partial charge in [-0.2, -0.15) is 0 Å². The van der Waals surface area contributed by atoms with Crippen LogP contribution in [0.5, 0.6) is 0 Å². The van der Waals surface area contributed by atoms with Crippen LogP contribution in [0.15, 0.2) is 12.1 Å². The summed E-state index contributed by atoms with van der Waals surface area (Å²) in [5.41, 5.74) is 6.72. The maximum atomic E-state index is 10.4. The number of non-ortho nitro benzene ring substituents is 1. The molecule has 0 saturated heterocycles. The van der Waals surface area contributed by atoms with Gasteiger partial charge in [0.25, 0.3) is 0 Å². The van der Waals surface area contributed by atoms with Crippen molar-refractivity contribution in [1.82, 2.24) is 0 Å². The summed E-state index contributed by atoms with van der Waals surface area (Å²) >= 11 is 0.726. The second-order valence-corrected chi connectivity index (χ2v) is 8.36. The average molecular weight is 537 g/mol. The van der Waals surface area contributed by atoms with Gasteiger partial charge in [0.2, 0.25) is 0 Å². The molecule has 0 unspecified atom stereocenters. The first-order valence-corrected chi connectivity index (χ1v) is 8.74. The molecule has 4 nitrogen and oxygen atoms in total. The molecule has 0 fully saturated rings. The van der Waals surface area contributed by atoms with Crippen LogP contribution in [0.3, 0.4) is 0 Å². The number of nitro groups is 1. The molecule has 2 N–H and O–H groups in total. The van der Waals surface area contributed by atoms with Crippen molar-refractivity contribution in [3.05, 3.63) is 22.2 Å². The van der Waals surface area contributed by atoms with E-state index in [-0.39, 0.29) is 10.6 Å². The molecule has 0 saturated carbocycles. The summed E-state index contributed by atoms with van der Waals surface area (Å²) in [4.78, 5) is 10.1. The van der Waals surface area contributed by atoms with E-state index in [2.05, 4.69) is 0 Å². The predicted octanol–water partition coefficient (Wildman–Crippen LogP) is -0.479. The van der Waals surface area contributed by atoms with Gasteiger partial charge < -0.3 is 0 Å². The summed E-state index contributed by atoms with van der Waals surface area (Å²) in [5, 5.41) is 10.4. The number of nitrogens with zero attached hydrogens (tertiary/aromatic N) is 1. The predicted molar refractivity (Wildman–Crippen MR) is 36.8 cm³/mol. The number of anilines is 1. The van der Waals surface area contributed by atoms with E-state index in [1.54, 1.807) is 12.1 Å². The van der Waals surface area contributed by atoms with Crippen LogP contribution in [-0.2, 0) is 52.2 Å². The quantitative estimate of drug-likeness (QED) is 0.228. The van der Waals surface area contributed by atoms with E-state index in [1.165, 1.54) is 0 Å². The molecule has 1 aromatic rings. The van der Waals surface area contributed by atoms with Crippen molar-refractivity contribution in [2.45, 2.75) is 0 Å². The molecular weight excluding hydrogens is 533 g/mol. The zero-order valence-electron chi connectivity index (χ0n) is 6.41. The Labute approximate surface area is 102 Å². The van der Waals surface area contributed by atoms with Gasteiger partial charge in [0.05, 0.1) is 0 Å². The molecule has 0 bridgehead atoms. The van der Waals surface area contributed by atoms with Gasteiger partial charge in [-0.3, -0.25) is 0 Å². The van der Waals surface area contributed by atoms with E-state index in [0.29, 0.717) is 52.2 Å². The molecule has 0 spiro atoms. The third-order valence-corrected chi connectivity index (χ3v) is 6.10. The topological polar surface area (TPSA) is 69.2 Å². The zero-order valence-corrected chi connectivity index (χ0v) is 17.4. The Balaban J connectivity index is 3.31. The first-order chi connectivity index (χ1) is 5.52. The standard InChI is InChI=1S/C6H4N2O2.2Hg/c7-5-1-3-6(4-2-5)8(9)10;;/h3-4H,7H2;;. The van der Waals surface area contributed by atoms with E-state index in [9.17, 15) is 10.1 Å². The van der Waals surface area contributed by atoms with Crippen LogP contribution in [0.4, 0.5) is 11.4 Å². The number of hydrogen-bond donors (Lipinski definition) is 1. The Morgan fingerprint density at radius 1 is 1.33 bits per heavy atom. The fourth-order valence-corrected chi connectivity index (χ4v) is 8.04. The number of nitrogen functional groups attached to an aromatic ring is 1. The van der Waals surface area contributed by atoms with Gasteiger partial charge in [-0.15, -0.1) is 0 Å². The van der Waals surface area contributed by atoms with Gasteiger partial charge in [0.1, 0.15) is 0 Å². The molecule has 1 rings (SSSR count). The molecule has 0 amide bonds. The first kappa shape index (κ1) is 10.4. The molecule has 0 heterocycles. The third kappa shape index (κ3) is 2.16. The fraction of sp³-hybridized carbons (Fsp3) is 0. The summed E-state index contributed by atoms with van der Waals surface area (Å²) < 4.78 is 1.99. The van der Waals surface area contributed by atoms with Crippen molar-refractivity contribution in [3.63, 3.8) is 0 Å². The van der Waals surface area contributed by atoms with Crippen molar-refractivity contribution < 1.29 is 57.2 Å². The Hall–Kier alpha value is 0.290. The molecule has 0 aromatic heterocycles. The minimum absolute atomic E-state index is 0.194. The van der Waals surface area contributed by atoms with Crippen molar-refractivity contribution in [3.8, 4) is 0 Å². The summed E-state index contributed by atoms with van der Waals surface area (Å²) in [7, 11) is 0. The van der Waals surface area contributed by atoms with E-state index < -0.39 is 0 Å². The van der Waals surface area contributed by atoms with Crippen LogP contribution in [-0.4, -0.2) is 4.92 Å². The van der Waals surface area contributed by atoms with Gasteiger partial charge in [-0.1, -0.05) is 0 Å². The van der Waals surface area contributed by atoms with E-state index in [0.717, 1.165) is 11.8 Å². The number of nitro benzene ring substituents is 1. The number of nitrogens with two attached hydrogens (primary N) is 1. The summed E-state index contributed by atoms with van der Waals surface area (Å²) in [5.74, 6) is 0. The monoisotopic (exact) mass is 540 g/mol.